The molecule has 8 nitrogen and oxygen atoms in total. The van der Waals surface area contributed by atoms with Crippen LogP contribution in [0.4, 0.5) is 0 Å². The Balaban J connectivity index is 1.80. The van der Waals surface area contributed by atoms with Crippen LogP contribution in [0.2, 0.25) is 0 Å². The minimum absolute atomic E-state index is 0.0117. The molecular weight excluding hydrogens is 478 g/mol. The van der Waals surface area contributed by atoms with Gasteiger partial charge < -0.3 is 23.8 Å². The number of nitrogens with zero attached hydrogens (tertiary/aromatic N) is 3. The maximum atomic E-state index is 12.5. The molecule has 0 radical (unpaired) electrons. The lowest BCUT2D eigenvalue weighted by Gasteiger charge is -2.28. The number of pyridine rings is 1. The maximum absolute atomic E-state index is 12.5. The number of ether oxygens (including phenoxy) is 4. The first kappa shape index (κ1) is 25.4. The molecule has 1 aliphatic rings. The van der Waals surface area contributed by atoms with Gasteiger partial charge in [0.25, 0.3) is 0 Å². The predicted molar refractivity (Wildman–Crippen MR) is 137 cm³/mol. The summed E-state index contributed by atoms with van der Waals surface area (Å²) in [7, 11) is 6.73. The number of nitriles is 1. The number of hydrogen-bond acceptors (Lipinski definition) is 9. The average molecular weight is 506 g/mol. The zero-order valence-corrected chi connectivity index (χ0v) is 21.5. The molecule has 0 N–H and O–H groups in total. The Morgan fingerprint density at radius 2 is 1.78 bits per heavy atom. The molecule has 0 saturated heterocycles. The van der Waals surface area contributed by atoms with Crippen LogP contribution in [0, 0.1) is 11.3 Å². The van der Waals surface area contributed by atoms with E-state index in [1.165, 1.54) is 11.8 Å². The number of aromatic nitrogens is 1. The Morgan fingerprint density at radius 1 is 1.08 bits per heavy atom. The molecule has 1 aromatic heterocycles. The van der Waals surface area contributed by atoms with Gasteiger partial charge in [0.15, 0.2) is 11.5 Å². The van der Waals surface area contributed by atoms with Gasteiger partial charge in [-0.15, -0.1) is 0 Å². The highest BCUT2D eigenvalue weighted by Gasteiger charge is 2.28. The van der Waals surface area contributed by atoms with E-state index in [-0.39, 0.29) is 5.75 Å². The number of carbonyl (C=O) groups excluding carboxylic acids is 1. The molecular formula is C27H27N3O5S. The van der Waals surface area contributed by atoms with Crippen molar-refractivity contribution in [3.8, 4) is 40.2 Å². The Kier molecular flexibility index (Phi) is 7.98. The summed E-state index contributed by atoms with van der Waals surface area (Å²) in [5.41, 5.74) is 3.67. The van der Waals surface area contributed by atoms with Gasteiger partial charge in [-0.05, 0) is 30.8 Å². The summed E-state index contributed by atoms with van der Waals surface area (Å²) in [6.07, 6.45) is 0.724. The maximum Gasteiger partial charge on any atom is 0.321 e. The normalized spacial score (nSPS) is 12.9. The molecule has 186 valence electrons. The molecule has 0 amide bonds. The summed E-state index contributed by atoms with van der Waals surface area (Å²) >= 11 is 1.19. The Labute approximate surface area is 214 Å². The third-order valence-electron chi connectivity index (χ3n) is 5.90. The highest BCUT2D eigenvalue weighted by atomic mass is 32.2. The third-order valence-corrected chi connectivity index (χ3v) is 6.85. The summed E-state index contributed by atoms with van der Waals surface area (Å²) < 4.78 is 22.1. The SMILES string of the molecule is COc1cc(OC)c(-c2c(C#N)c(SCC(=O)Oc3ccccc3)nc3c2CN(C)CC3)cc1OC. The van der Waals surface area contributed by atoms with Crippen LogP contribution < -0.4 is 18.9 Å². The van der Waals surface area contributed by atoms with Crippen molar-refractivity contribution in [2.75, 3.05) is 40.7 Å². The van der Waals surface area contributed by atoms with Crippen LogP contribution in [0.1, 0.15) is 16.8 Å². The lowest BCUT2D eigenvalue weighted by atomic mass is 9.91. The van der Waals surface area contributed by atoms with Gasteiger partial charge in [0.1, 0.15) is 22.6 Å². The lowest BCUT2D eigenvalue weighted by molar-refractivity contribution is -0.131. The summed E-state index contributed by atoms with van der Waals surface area (Å²) in [5, 5.41) is 10.8. The van der Waals surface area contributed by atoms with Gasteiger partial charge in [0.2, 0.25) is 0 Å². The van der Waals surface area contributed by atoms with Crippen molar-refractivity contribution in [3.63, 3.8) is 0 Å². The average Bonchev–Trinajstić information content (AvgIpc) is 2.90. The summed E-state index contributed by atoms with van der Waals surface area (Å²) in [5.74, 6) is 1.66. The van der Waals surface area contributed by atoms with Gasteiger partial charge in [0.05, 0.1) is 32.6 Å². The highest BCUT2D eigenvalue weighted by molar-refractivity contribution is 7.99. The van der Waals surface area contributed by atoms with Crippen LogP contribution in [0.5, 0.6) is 23.0 Å². The van der Waals surface area contributed by atoms with Crippen molar-refractivity contribution < 1.29 is 23.7 Å². The number of benzene rings is 2. The number of methoxy groups -OCH3 is 3. The van der Waals surface area contributed by atoms with Gasteiger partial charge in [0, 0.05) is 42.4 Å². The van der Waals surface area contributed by atoms with Gasteiger partial charge in [-0.1, -0.05) is 30.0 Å². The minimum atomic E-state index is -0.417. The number of hydrogen-bond donors (Lipinski definition) is 0. The van der Waals surface area contributed by atoms with E-state index in [4.69, 9.17) is 23.9 Å². The fraction of sp³-hybridized carbons (Fsp3) is 0.296. The van der Waals surface area contributed by atoms with Gasteiger partial charge in [-0.25, -0.2) is 4.98 Å². The summed E-state index contributed by atoms with van der Waals surface area (Å²) in [6, 6.07) is 14.8. The number of fused-ring (bicyclic) bond motifs is 1. The molecule has 1 aliphatic heterocycles. The Hall–Kier alpha value is -3.74. The molecule has 0 unspecified atom stereocenters. The van der Waals surface area contributed by atoms with Gasteiger partial charge in [-0.3, -0.25) is 4.79 Å². The molecule has 36 heavy (non-hydrogen) atoms. The standard InChI is InChI=1S/C27H27N3O5S/c1-30-11-10-21-20(15-30)26(18-12-23(33-3)24(34-4)13-22(18)32-2)19(14-28)27(29-21)36-16-25(31)35-17-8-6-5-7-9-17/h5-9,12-13H,10-11,15-16H2,1-4H3. The zero-order valence-electron chi connectivity index (χ0n) is 20.7. The Morgan fingerprint density at radius 3 is 2.44 bits per heavy atom. The quantitative estimate of drug-likeness (QED) is 0.252. The van der Waals surface area contributed by atoms with Crippen LogP contribution in [0.3, 0.4) is 0 Å². The van der Waals surface area contributed by atoms with E-state index in [1.807, 2.05) is 19.2 Å². The van der Waals surface area contributed by atoms with Gasteiger partial charge >= 0.3 is 5.97 Å². The largest absolute Gasteiger partial charge is 0.496 e. The minimum Gasteiger partial charge on any atom is -0.496 e. The molecule has 2 heterocycles. The van der Waals surface area contributed by atoms with Crippen molar-refractivity contribution in [1.29, 1.82) is 5.26 Å². The van der Waals surface area contributed by atoms with Crippen LogP contribution in [0.15, 0.2) is 47.5 Å². The van der Waals surface area contributed by atoms with E-state index in [0.717, 1.165) is 29.8 Å². The first-order chi connectivity index (χ1) is 17.5. The zero-order chi connectivity index (χ0) is 25.7. The van der Waals surface area contributed by atoms with Gasteiger partial charge in [-0.2, -0.15) is 5.26 Å². The second-order valence-electron chi connectivity index (χ2n) is 8.18. The molecule has 0 fully saturated rings. The van der Waals surface area contributed by atoms with Crippen LogP contribution in [0.25, 0.3) is 11.1 Å². The molecule has 3 aromatic rings. The van der Waals surface area contributed by atoms with Crippen molar-refractivity contribution >= 4 is 17.7 Å². The number of likely N-dealkylation sites (N-methyl/N-ethyl adjacent to an activating group) is 1. The lowest BCUT2D eigenvalue weighted by Crippen LogP contribution is -2.28. The van der Waals surface area contributed by atoms with E-state index in [9.17, 15) is 10.1 Å². The smallest absolute Gasteiger partial charge is 0.321 e. The fourth-order valence-corrected chi connectivity index (χ4v) is 4.96. The molecule has 0 saturated carbocycles. The highest BCUT2D eigenvalue weighted by Crippen LogP contribution is 2.45. The van der Waals surface area contributed by atoms with Crippen molar-refractivity contribution in [2.24, 2.45) is 0 Å². The van der Waals surface area contributed by atoms with E-state index >= 15 is 0 Å². The van der Waals surface area contributed by atoms with E-state index in [2.05, 4.69) is 11.0 Å². The molecule has 0 aliphatic carbocycles. The monoisotopic (exact) mass is 505 g/mol. The topological polar surface area (TPSA) is 93.9 Å². The van der Waals surface area contributed by atoms with Crippen molar-refractivity contribution in [1.82, 2.24) is 9.88 Å². The van der Waals surface area contributed by atoms with Crippen molar-refractivity contribution in [2.45, 2.75) is 18.0 Å². The van der Waals surface area contributed by atoms with E-state index in [0.29, 0.717) is 45.7 Å². The number of para-hydroxylation sites is 1. The first-order valence-electron chi connectivity index (χ1n) is 11.3. The summed E-state index contributed by atoms with van der Waals surface area (Å²) in [4.78, 5) is 19.5. The van der Waals surface area contributed by atoms with Crippen molar-refractivity contribution in [3.05, 3.63) is 59.3 Å². The van der Waals surface area contributed by atoms with Crippen LogP contribution in [-0.4, -0.2) is 56.5 Å². The molecule has 9 heteroatoms. The molecule has 0 spiro atoms. The second-order valence-corrected chi connectivity index (χ2v) is 9.14. The third kappa shape index (κ3) is 5.25. The second kappa shape index (κ2) is 11.3. The number of rotatable bonds is 8. The summed E-state index contributed by atoms with van der Waals surface area (Å²) in [6.45, 7) is 1.47. The van der Waals surface area contributed by atoms with Crippen LogP contribution in [-0.2, 0) is 17.8 Å². The molecule has 4 rings (SSSR count). The first-order valence-corrected chi connectivity index (χ1v) is 12.3. The number of esters is 1. The van der Waals surface area contributed by atoms with E-state index in [1.54, 1.807) is 51.7 Å². The number of carbonyl (C=O) groups is 1. The van der Waals surface area contributed by atoms with Crippen LogP contribution >= 0.6 is 11.8 Å². The molecule has 2 aromatic carbocycles. The fourth-order valence-electron chi connectivity index (χ4n) is 4.18. The Bertz CT molecular complexity index is 1310. The van der Waals surface area contributed by atoms with E-state index < -0.39 is 5.97 Å². The number of thioether (sulfide) groups is 1. The predicted octanol–water partition coefficient (Wildman–Crippen LogP) is 4.33. The molecule has 0 atom stereocenters. The molecule has 0 bridgehead atoms.